The number of hydrogen-bond donors (Lipinski definition) is 1. The molecule has 2 rings (SSSR count). The van der Waals surface area contributed by atoms with Crippen LogP contribution in [0, 0.1) is 13.8 Å². The maximum absolute atomic E-state index is 12.7. The molecule has 5 nitrogen and oxygen atoms in total. The summed E-state index contributed by atoms with van der Waals surface area (Å²) in [5, 5.41) is 2.64. The topological polar surface area (TPSA) is 64.1 Å². The number of nitrogens with zero attached hydrogens (tertiary/aromatic N) is 2. The highest BCUT2D eigenvalue weighted by molar-refractivity contribution is 5.93. The third-order valence-electron chi connectivity index (χ3n) is 3.32. The van der Waals surface area contributed by atoms with Crippen LogP contribution in [0.4, 0.5) is 18.9 Å². The van der Waals surface area contributed by atoms with Gasteiger partial charge in [-0.25, -0.2) is 0 Å². The fourth-order valence-electron chi connectivity index (χ4n) is 2.18. The Bertz CT molecular complexity index is 737. The second-order valence-electron chi connectivity index (χ2n) is 5.18. The van der Waals surface area contributed by atoms with Crippen molar-refractivity contribution >= 4 is 11.6 Å². The summed E-state index contributed by atoms with van der Waals surface area (Å²) in [6, 6.07) is 4.86. The van der Waals surface area contributed by atoms with Gasteiger partial charge < -0.3 is 10.1 Å². The first-order valence-corrected chi connectivity index (χ1v) is 7.06. The molecule has 0 fully saturated rings. The van der Waals surface area contributed by atoms with Crippen LogP contribution < -0.4 is 10.1 Å². The Balaban J connectivity index is 2.15. The van der Waals surface area contributed by atoms with Crippen LogP contribution in [0.1, 0.15) is 22.5 Å². The number of carbonyl (C=O) groups is 1. The molecule has 0 aliphatic carbocycles. The molecule has 128 valence electrons. The Hall–Kier alpha value is -2.64. The number of anilines is 1. The molecule has 1 amide bonds. The molecule has 0 radical (unpaired) electrons. The van der Waals surface area contributed by atoms with E-state index in [1.807, 2.05) is 0 Å². The standard InChI is InChI=1S/C16H16F3N3O2/c1-9-14(10(2)21-15(20-9)24-3)22-13(23)8-11-5-4-6-12(7-11)16(17,18)19/h4-7H,8H2,1-3H3,(H,22,23). The number of alkyl halides is 3. The third kappa shape index (κ3) is 4.21. The fourth-order valence-corrected chi connectivity index (χ4v) is 2.18. The lowest BCUT2D eigenvalue weighted by molar-refractivity contribution is -0.137. The third-order valence-corrected chi connectivity index (χ3v) is 3.32. The summed E-state index contributed by atoms with van der Waals surface area (Å²) in [6.45, 7) is 3.36. The van der Waals surface area contributed by atoms with Crippen molar-refractivity contribution in [3.05, 3.63) is 46.8 Å². The molecule has 1 aromatic heterocycles. The van der Waals surface area contributed by atoms with Gasteiger partial charge in [0.1, 0.15) is 0 Å². The van der Waals surface area contributed by atoms with E-state index in [1.165, 1.54) is 19.2 Å². The van der Waals surface area contributed by atoms with Crippen molar-refractivity contribution in [3.63, 3.8) is 0 Å². The molecule has 1 heterocycles. The lowest BCUT2D eigenvalue weighted by Crippen LogP contribution is -2.17. The Morgan fingerprint density at radius 3 is 2.38 bits per heavy atom. The van der Waals surface area contributed by atoms with E-state index in [0.717, 1.165) is 12.1 Å². The summed E-state index contributed by atoms with van der Waals surface area (Å²) in [5.74, 6) is -0.450. The van der Waals surface area contributed by atoms with E-state index >= 15 is 0 Å². The summed E-state index contributed by atoms with van der Waals surface area (Å²) in [7, 11) is 1.43. The number of carbonyl (C=O) groups excluding carboxylic acids is 1. The molecule has 8 heteroatoms. The zero-order valence-electron chi connectivity index (χ0n) is 13.4. The first kappa shape index (κ1) is 17.7. The number of aryl methyl sites for hydroxylation is 2. The van der Waals surface area contributed by atoms with Gasteiger partial charge in [-0.2, -0.15) is 23.1 Å². The highest BCUT2D eigenvalue weighted by Gasteiger charge is 2.30. The minimum absolute atomic E-state index is 0.181. The molecule has 0 saturated carbocycles. The molecule has 0 saturated heterocycles. The van der Waals surface area contributed by atoms with Crippen LogP contribution in [-0.4, -0.2) is 23.0 Å². The number of benzene rings is 1. The predicted octanol–water partition coefficient (Wildman–Crippen LogP) is 3.30. The SMILES string of the molecule is COc1nc(C)c(NC(=O)Cc2cccc(C(F)(F)F)c2)c(C)n1. The number of methoxy groups -OCH3 is 1. The fraction of sp³-hybridized carbons (Fsp3) is 0.312. The van der Waals surface area contributed by atoms with E-state index in [-0.39, 0.29) is 18.0 Å². The minimum Gasteiger partial charge on any atom is -0.467 e. The zero-order valence-corrected chi connectivity index (χ0v) is 13.4. The molecule has 0 atom stereocenters. The lowest BCUT2D eigenvalue weighted by atomic mass is 10.1. The van der Waals surface area contributed by atoms with Crippen LogP contribution in [0.2, 0.25) is 0 Å². The van der Waals surface area contributed by atoms with Crippen molar-refractivity contribution in [1.82, 2.24) is 9.97 Å². The Morgan fingerprint density at radius 2 is 1.83 bits per heavy atom. The highest BCUT2D eigenvalue weighted by atomic mass is 19.4. The van der Waals surface area contributed by atoms with Gasteiger partial charge in [0.2, 0.25) is 5.91 Å². The van der Waals surface area contributed by atoms with E-state index in [9.17, 15) is 18.0 Å². The molecule has 0 unspecified atom stereocenters. The van der Waals surface area contributed by atoms with Crippen LogP contribution in [0.5, 0.6) is 6.01 Å². The van der Waals surface area contributed by atoms with Gasteiger partial charge >= 0.3 is 12.2 Å². The average molecular weight is 339 g/mol. The number of ether oxygens (including phenoxy) is 1. The largest absolute Gasteiger partial charge is 0.467 e. The van der Waals surface area contributed by atoms with E-state index in [2.05, 4.69) is 15.3 Å². The Kier molecular flexibility index (Phi) is 5.06. The van der Waals surface area contributed by atoms with Gasteiger partial charge in [0.15, 0.2) is 0 Å². The van der Waals surface area contributed by atoms with Gasteiger partial charge in [0.05, 0.1) is 36.2 Å². The number of halogens is 3. The van der Waals surface area contributed by atoms with Gasteiger partial charge in [-0.3, -0.25) is 4.79 Å². The molecule has 1 aromatic carbocycles. The van der Waals surface area contributed by atoms with Crippen molar-refractivity contribution in [2.45, 2.75) is 26.4 Å². The second-order valence-corrected chi connectivity index (χ2v) is 5.18. The molecule has 0 bridgehead atoms. The van der Waals surface area contributed by atoms with Crippen LogP contribution >= 0.6 is 0 Å². The summed E-state index contributed by atoms with van der Waals surface area (Å²) in [4.78, 5) is 20.2. The number of nitrogens with one attached hydrogen (secondary N) is 1. The highest BCUT2D eigenvalue weighted by Crippen LogP contribution is 2.29. The normalized spacial score (nSPS) is 11.2. The van der Waals surface area contributed by atoms with Crippen molar-refractivity contribution in [2.24, 2.45) is 0 Å². The number of aromatic nitrogens is 2. The smallest absolute Gasteiger partial charge is 0.416 e. The number of amides is 1. The minimum atomic E-state index is -4.44. The Morgan fingerprint density at radius 1 is 1.21 bits per heavy atom. The van der Waals surface area contributed by atoms with Crippen LogP contribution in [0.3, 0.4) is 0 Å². The molecule has 24 heavy (non-hydrogen) atoms. The number of rotatable bonds is 4. The van der Waals surface area contributed by atoms with Gasteiger partial charge in [-0.05, 0) is 25.5 Å². The van der Waals surface area contributed by atoms with E-state index in [4.69, 9.17) is 4.74 Å². The predicted molar refractivity (Wildman–Crippen MR) is 81.8 cm³/mol. The van der Waals surface area contributed by atoms with Crippen LogP contribution in [-0.2, 0) is 17.4 Å². The van der Waals surface area contributed by atoms with Crippen molar-refractivity contribution < 1.29 is 22.7 Å². The first-order valence-electron chi connectivity index (χ1n) is 7.06. The van der Waals surface area contributed by atoms with Gasteiger partial charge in [-0.15, -0.1) is 0 Å². The van der Waals surface area contributed by atoms with Crippen molar-refractivity contribution in [2.75, 3.05) is 12.4 Å². The van der Waals surface area contributed by atoms with Gasteiger partial charge in [-0.1, -0.05) is 18.2 Å². The quantitative estimate of drug-likeness (QED) is 0.928. The lowest BCUT2D eigenvalue weighted by Gasteiger charge is -2.12. The van der Waals surface area contributed by atoms with E-state index in [1.54, 1.807) is 13.8 Å². The zero-order chi connectivity index (χ0) is 17.9. The monoisotopic (exact) mass is 339 g/mol. The molecular formula is C16H16F3N3O2. The molecule has 1 N–H and O–H groups in total. The average Bonchev–Trinajstić information content (AvgIpc) is 2.50. The van der Waals surface area contributed by atoms with E-state index in [0.29, 0.717) is 17.1 Å². The van der Waals surface area contributed by atoms with Gasteiger partial charge in [0, 0.05) is 0 Å². The number of hydrogen-bond acceptors (Lipinski definition) is 4. The molecule has 0 spiro atoms. The van der Waals surface area contributed by atoms with Crippen molar-refractivity contribution in [1.29, 1.82) is 0 Å². The molecule has 0 aliphatic rings. The second kappa shape index (κ2) is 6.86. The first-order chi connectivity index (χ1) is 11.2. The summed E-state index contributed by atoms with van der Waals surface area (Å²) >= 11 is 0. The molecule has 2 aromatic rings. The summed E-state index contributed by atoms with van der Waals surface area (Å²) in [6.07, 6.45) is -4.63. The summed E-state index contributed by atoms with van der Waals surface area (Å²) < 4.78 is 43.0. The maximum atomic E-state index is 12.7. The van der Waals surface area contributed by atoms with Gasteiger partial charge in [0.25, 0.3) is 0 Å². The van der Waals surface area contributed by atoms with Crippen LogP contribution in [0.15, 0.2) is 24.3 Å². The van der Waals surface area contributed by atoms with E-state index < -0.39 is 17.6 Å². The molecular weight excluding hydrogens is 323 g/mol. The Labute approximate surface area is 136 Å². The molecule has 0 aliphatic heterocycles. The van der Waals surface area contributed by atoms with Crippen LogP contribution in [0.25, 0.3) is 0 Å². The van der Waals surface area contributed by atoms with Crippen molar-refractivity contribution in [3.8, 4) is 6.01 Å². The maximum Gasteiger partial charge on any atom is 0.416 e. The summed E-state index contributed by atoms with van der Waals surface area (Å²) in [5.41, 5.74) is 0.932.